The topological polar surface area (TPSA) is 85.2 Å². The van der Waals surface area contributed by atoms with Crippen molar-refractivity contribution in [2.24, 2.45) is 0 Å². The summed E-state index contributed by atoms with van der Waals surface area (Å²) >= 11 is 0. The molecule has 0 saturated heterocycles. The SMILES string of the molecule is CCCCCCCCCCCCCC[C@H](OCOC)[C@@H](O)[C@H](O)C(=O)OCC. The van der Waals surface area contributed by atoms with E-state index in [2.05, 4.69) is 6.92 Å². The minimum absolute atomic E-state index is 0.00945. The molecule has 0 unspecified atom stereocenters. The first-order valence-electron chi connectivity index (χ1n) is 11.2. The van der Waals surface area contributed by atoms with E-state index in [0.29, 0.717) is 6.42 Å². The molecule has 0 aromatic heterocycles. The Kier molecular flexibility index (Phi) is 19.1. The van der Waals surface area contributed by atoms with Gasteiger partial charge in [-0.2, -0.15) is 0 Å². The summed E-state index contributed by atoms with van der Waals surface area (Å²) in [5.41, 5.74) is 0. The Morgan fingerprint density at radius 1 is 0.821 bits per heavy atom. The van der Waals surface area contributed by atoms with E-state index >= 15 is 0 Å². The highest BCUT2D eigenvalue weighted by Gasteiger charge is 2.32. The van der Waals surface area contributed by atoms with E-state index in [-0.39, 0.29) is 13.4 Å². The van der Waals surface area contributed by atoms with Gasteiger partial charge < -0.3 is 24.4 Å². The van der Waals surface area contributed by atoms with Crippen LogP contribution in [-0.2, 0) is 19.0 Å². The minimum Gasteiger partial charge on any atom is -0.464 e. The van der Waals surface area contributed by atoms with E-state index in [1.807, 2.05) is 0 Å². The van der Waals surface area contributed by atoms with Gasteiger partial charge in [-0.15, -0.1) is 0 Å². The Morgan fingerprint density at radius 2 is 1.32 bits per heavy atom. The molecule has 0 aromatic carbocycles. The minimum atomic E-state index is -1.60. The Labute approximate surface area is 171 Å². The van der Waals surface area contributed by atoms with Crippen LogP contribution in [0, 0.1) is 0 Å². The van der Waals surface area contributed by atoms with E-state index in [1.54, 1.807) is 6.92 Å². The quantitative estimate of drug-likeness (QED) is 0.178. The van der Waals surface area contributed by atoms with Crippen LogP contribution in [-0.4, -0.2) is 55.0 Å². The summed E-state index contributed by atoms with van der Waals surface area (Å²) < 4.78 is 15.1. The molecule has 0 bridgehead atoms. The molecular formula is C22H44O6. The van der Waals surface area contributed by atoms with Crippen molar-refractivity contribution >= 4 is 5.97 Å². The number of methoxy groups -OCH3 is 1. The molecule has 0 aliphatic heterocycles. The summed E-state index contributed by atoms with van der Waals surface area (Å²) in [5, 5.41) is 20.2. The van der Waals surface area contributed by atoms with Gasteiger partial charge in [-0.25, -0.2) is 4.79 Å². The monoisotopic (exact) mass is 404 g/mol. The third-order valence-corrected chi connectivity index (χ3v) is 4.97. The van der Waals surface area contributed by atoms with Gasteiger partial charge >= 0.3 is 5.97 Å². The summed E-state index contributed by atoms with van der Waals surface area (Å²) in [6, 6.07) is 0. The molecule has 0 spiro atoms. The molecule has 0 rings (SSSR count). The second-order valence-electron chi connectivity index (χ2n) is 7.48. The predicted molar refractivity (Wildman–Crippen MR) is 111 cm³/mol. The average Bonchev–Trinajstić information content (AvgIpc) is 2.70. The Balaban J connectivity index is 3.90. The van der Waals surface area contributed by atoms with Crippen molar-refractivity contribution in [1.82, 2.24) is 0 Å². The molecule has 3 atom stereocenters. The number of ether oxygens (including phenoxy) is 3. The Bertz CT molecular complexity index is 350. The first-order valence-corrected chi connectivity index (χ1v) is 11.2. The summed E-state index contributed by atoms with van der Waals surface area (Å²) in [6.45, 7) is 4.07. The second kappa shape index (κ2) is 19.6. The lowest BCUT2D eigenvalue weighted by Crippen LogP contribution is -2.44. The van der Waals surface area contributed by atoms with Gasteiger partial charge in [-0.3, -0.25) is 0 Å². The van der Waals surface area contributed by atoms with Gasteiger partial charge in [0.25, 0.3) is 0 Å². The average molecular weight is 405 g/mol. The highest BCUT2D eigenvalue weighted by atomic mass is 16.7. The molecule has 6 heteroatoms. The number of hydrogen-bond acceptors (Lipinski definition) is 6. The van der Waals surface area contributed by atoms with Gasteiger partial charge in [0.15, 0.2) is 6.10 Å². The van der Waals surface area contributed by atoms with Crippen molar-refractivity contribution in [3.63, 3.8) is 0 Å². The van der Waals surface area contributed by atoms with Gasteiger partial charge in [0.2, 0.25) is 0 Å². The number of rotatable bonds is 20. The van der Waals surface area contributed by atoms with Crippen LogP contribution in [0.3, 0.4) is 0 Å². The van der Waals surface area contributed by atoms with Crippen molar-refractivity contribution < 1.29 is 29.2 Å². The molecule has 0 saturated carbocycles. The molecule has 168 valence electrons. The van der Waals surface area contributed by atoms with E-state index in [9.17, 15) is 15.0 Å². The summed E-state index contributed by atoms with van der Waals surface area (Å²) in [6.07, 6.45) is 12.0. The first kappa shape index (κ1) is 27.3. The Hall–Kier alpha value is -0.690. The number of unbranched alkanes of at least 4 members (excludes halogenated alkanes) is 11. The molecule has 0 heterocycles. The number of hydrogen-bond donors (Lipinski definition) is 2. The molecule has 0 aliphatic carbocycles. The molecule has 0 fully saturated rings. The van der Waals surface area contributed by atoms with Crippen LogP contribution in [0.1, 0.15) is 97.3 Å². The van der Waals surface area contributed by atoms with Gasteiger partial charge in [0.05, 0.1) is 12.7 Å². The lowest BCUT2D eigenvalue weighted by Gasteiger charge is -2.25. The van der Waals surface area contributed by atoms with Crippen molar-refractivity contribution in [2.75, 3.05) is 20.5 Å². The zero-order valence-electron chi connectivity index (χ0n) is 18.4. The number of aliphatic hydroxyl groups is 2. The van der Waals surface area contributed by atoms with Crippen LogP contribution in [0.2, 0.25) is 0 Å². The van der Waals surface area contributed by atoms with Crippen molar-refractivity contribution in [3.8, 4) is 0 Å². The van der Waals surface area contributed by atoms with Crippen molar-refractivity contribution in [1.29, 1.82) is 0 Å². The Morgan fingerprint density at radius 3 is 1.79 bits per heavy atom. The van der Waals surface area contributed by atoms with Gasteiger partial charge in [0, 0.05) is 7.11 Å². The van der Waals surface area contributed by atoms with Gasteiger partial charge in [-0.05, 0) is 13.3 Å². The zero-order chi connectivity index (χ0) is 21.0. The number of carbonyl (C=O) groups excluding carboxylic acids is 1. The smallest absolute Gasteiger partial charge is 0.337 e. The number of esters is 1. The molecule has 2 N–H and O–H groups in total. The lowest BCUT2D eigenvalue weighted by molar-refractivity contribution is -0.174. The molecule has 0 aliphatic rings. The van der Waals surface area contributed by atoms with Crippen molar-refractivity contribution in [3.05, 3.63) is 0 Å². The summed E-state index contributed by atoms with van der Waals surface area (Å²) in [4.78, 5) is 11.6. The molecule has 0 aromatic rings. The van der Waals surface area contributed by atoms with Crippen LogP contribution < -0.4 is 0 Å². The van der Waals surface area contributed by atoms with Crippen LogP contribution in [0.15, 0.2) is 0 Å². The fraction of sp³-hybridized carbons (Fsp3) is 0.955. The van der Waals surface area contributed by atoms with Gasteiger partial charge in [0.1, 0.15) is 12.9 Å². The third-order valence-electron chi connectivity index (χ3n) is 4.97. The molecular weight excluding hydrogens is 360 g/mol. The van der Waals surface area contributed by atoms with Crippen LogP contribution in [0.4, 0.5) is 0 Å². The normalized spacial score (nSPS) is 14.6. The second-order valence-corrected chi connectivity index (χ2v) is 7.48. The number of aliphatic hydroxyl groups excluding tert-OH is 2. The van der Waals surface area contributed by atoms with Crippen molar-refractivity contribution in [2.45, 2.75) is 116 Å². The molecule has 0 amide bonds. The lowest BCUT2D eigenvalue weighted by atomic mass is 10.00. The maximum atomic E-state index is 11.6. The van der Waals surface area contributed by atoms with Crippen LogP contribution >= 0.6 is 0 Å². The largest absolute Gasteiger partial charge is 0.464 e. The maximum absolute atomic E-state index is 11.6. The van der Waals surface area contributed by atoms with Gasteiger partial charge in [-0.1, -0.05) is 84.0 Å². The molecule has 6 nitrogen and oxygen atoms in total. The maximum Gasteiger partial charge on any atom is 0.337 e. The summed E-state index contributed by atoms with van der Waals surface area (Å²) in [7, 11) is 1.50. The summed E-state index contributed by atoms with van der Waals surface area (Å²) in [5.74, 6) is -0.823. The van der Waals surface area contributed by atoms with Crippen LogP contribution in [0.25, 0.3) is 0 Å². The third kappa shape index (κ3) is 14.3. The van der Waals surface area contributed by atoms with E-state index in [0.717, 1.165) is 19.3 Å². The van der Waals surface area contributed by atoms with Crippen LogP contribution in [0.5, 0.6) is 0 Å². The van der Waals surface area contributed by atoms with E-state index in [4.69, 9.17) is 14.2 Å². The first-order chi connectivity index (χ1) is 13.6. The fourth-order valence-corrected chi connectivity index (χ4v) is 3.27. The number of carbonyl (C=O) groups is 1. The fourth-order valence-electron chi connectivity index (χ4n) is 3.27. The molecule has 28 heavy (non-hydrogen) atoms. The van der Waals surface area contributed by atoms with E-state index < -0.39 is 24.3 Å². The predicted octanol–water partition coefficient (Wildman–Crippen LogP) is 4.35. The standard InChI is InChI=1S/C22H44O6/c1-4-6-7-8-9-10-11-12-13-14-15-16-17-19(28-18-26-3)20(23)21(24)22(25)27-5-2/h19-21,23-24H,4-18H2,1-3H3/t19-,20+,21-/m0/s1. The zero-order valence-corrected chi connectivity index (χ0v) is 18.4. The highest BCUT2D eigenvalue weighted by molar-refractivity contribution is 5.75. The molecule has 0 radical (unpaired) electrons. The van der Waals surface area contributed by atoms with E-state index in [1.165, 1.54) is 64.9 Å². The highest BCUT2D eigenvalue weighted by Crippen LogP contribution is 2.17.